The first-order valence-corrected chi connectivity index (χ1v) is 6.84. The Bertz CT molecular complexity index is 391. The van der Waals surface area contributed by atoms with Gasteiger partial charge in [-0.1, -0.05) is 6.42 Å². The maximum absolute atomic E-state index is 4.23. The van der Waals surface area contributed by atoms with Gasteiger partial charge in [0.15, 0.2) is 0 Å². The van der Waals surface area contributed by atoms with Crippen LogP contribution in [-0.2, 0) is 0 Å². The third-order valence-electron chi connectivity index (χ3n) is 4.51. The molecule has 3 rings (SSSR count). The third-order valence-corrected chi connectivity index (χ3v) is 4.51. The first-order valence-electron chi connectivity index (χ1n) is 6.84. The van der Waals surface area contributed by atoms with Crippen LogP contribution in [0.15, 0.2) is 12.4 Å². The smallest absolute Gasteiger partial charge is 0.129 e. The highest BCUT2D eigenvalue weighted by Crippen LogP contribution is 2.49. The highest BCUT2D eigenvalue weighted by molar-refractivity contribution is 5.34. The Balaban J connectivity index is 1.46. The van der Waals surface area contributed by atoms with Gasteiger partial charge >= 0.3 is 0 Å². The molecule has 3 heteroatoms. The van der Waals surface area contributed by atoms with Crippen molar-refractivity contribution in [2.45, 2.75) is 39.0 Å². The Kier molecular flexibility index (Phi) is 3.00. The monoisotopic (exact) mass is 231 g/mol. The second-order valence-electron chi connectivity index (χ2n) is 5.70. The predicted octanol–water partition coefficient (Wildman–Crippen LogP) is 3.02. The van der Waals surface area contributed by atoms with Gasteiger partial charge in [0.25, 0.3) is 0 Å². The summed E-state index contributed by atoms with van der Waals surface area (Å²) in [6.45, 7) is 3.06. The average molecular weight is 231 g/mol. The first kappa shape index (κ1) is 11.0. The SMILES string of the molecule is Cc1cc(NCCC2CC3CCC2C3)ncn1. The van der Waals surface area contributed by atoms with Gasteiger partial charge in [0.05, 0.1) is 0 Å². The lowest BCUT2D eigenvalue weighted by Crippen LogP contribution is -2.15. The van der Waals surface area contributed by atoms with E-state index < -0.39 is 0 Å². The molecule has 0 saturated heterocycles. The zero-order valence-electron chi connectivity index (χ0n) is 10.5. The van der Waals surface area contributed by atoms with E-state index in [0.29, 0.717) is 0 Å². The molecule has 2 saturated carbocycles. The molecule has 1 aromatic rings. The van der Waals surface area contributed by atoms with Crippen molar-refractivity contribution in [1.29, 1.82) is 0 Å². The number of nitrogens with one attached hydrogen (secondary N) is 1. The summed E-state index contributed by atoms with van der Waals surface area (Å²) in [6.07, 6.45) is 8.92. The topological polar surface area (TPSA) is 37.8 Å². The molecule has 2 aliphatic rings. The van der Waals surface area contributed by atoms with Crippen LogP contribution in [0.3, 0.4) is 0 Å². The zero-order chi connectivity index (χ0) is 11.7. The maximum Gasteiger partial charge on any atom is 0.129 e. The van der Waals surface area contributed by atoms with Crippen molar-refractivity contribution in [3.8, 4) is 0 Å². The molecule has 2 bridgehead atoms. The predicted molar refractivity (Wildman–Crippen MR) is 68.8 cm³/mol. The number of anilines is 1. The molecule has 0 spiro atoms. The van der Waals surface area contributed by atoms with Crippen LogP contribution >= 0.6 is 0 Å². The van der Waals surface area contributed by atoms with E-state index >= 15 is 0 Å². The number of fused-ring (bicyclic) bond motifs is 2. The summed E-state index contributed by atoms with van der Waals surface area (Å²) in [7, 11) is 0. The van der Waals surface area contributed by atoms with E-state index in [4.69, 9.17) is 0 Å². The number of aromatic nitrogens is 2. The van der Waals surface area contributed by atoms with Gasteiger partial charge in [-0.25, -0.2) is 9.97 Å². The molecule has 0 amide bonds. The minimum atomic E-state index is 0.973. The van der Waals surface area contributed by atoms with Crippen LogP contribution in [0.4, 0.5) is 5.82 Å². The van der Waals surface area contributed by atoms with Crippen molar-refractivity contribution in [3.63, 3.8) is 0 Å². The molecule has 1 N–H and O–H groups in total. The Morgan fingerprint density at radius 2 is 2.24 bits per heavy atom. The molecular formula is C14H21N3. The highest BCUT2D eigenvalue weighted by Gasteiger charge is 2.38. The molecule has 2 aliphatic carbocycles. The summed E-state index contributed by atoms with van der Waals surface area (Å²) in [5.74, 6) is 4.05. The average Bonchev–Trinajstić information content (AvgIpc) is 2.91. The normalized spacial score (nSPS) is 30.8. The quantitative estimate of drug-likeness (QED) is 0.865. The molecule has 1 aromatic heterocycles. The molecular weight excluding hydrogens is 210 g/mol. The van der Waals surface area contributed by atoms with Crippen molar-refractivity contribution in [3.05, 3.63) is 18.1 Å². The van der Waals surface area contributed by atoms with Gasteiger partial charge in [0.2, 0.25) is 0 Å². The number of hydrogen-bond acceptors (Lipinski definition) is 3. The van der Waals surface area contributed by atoms with E-state index in [2.05, 4.69) is 15.3 Å². The zero-order valence-corrected chi connectivity index (χ0v) is 10.5. The van der Waals surface area contributed by atoms with Gasteiger partial charge in [0.1, 0.15) is 12.1 Å². The number of nitrogens with zero attached hydrogens (tertiary/aromatic N) is 2. The lowest BCUT2D eigenvalue weighted by atomic mass is 9.86. The van der Waals surface area contributed by atoms with Gasteiger partial charge in [-0.3, -0.25) is 0 Å². The van der Waals surface area contributed by atoms with Gasteiger partial charge in [-0.2, -0.15) is 0 Å². The number of aryl methyl sites for hydroxylation is 1. The van der Waals surface area contributed by atoms with E-state index in [1.54, 1.807) is 6.33 Å². The molecule has 3 unspecified atom stereocenters. The van der Waals surface area contributed by atoms with E-state index in [1.165, 1.54) is 32.1 Å². The third kappa shape index (κ3) is 2.43. The molecule has 0 aliphatic heterocycles. The van der Waals surface area contributed by atoms with Crippen LogP contribution in [0.25, 0.3) is 0 Å². The fourth-order valence-corrected chi connectivity index (χ4v) is 3.67. The van der Waals surface area contributed by atoms with Crippen molar-refractivity contribution in [2.24, 2.45) is 17.8 Å². The van der Waals surface area contributed by atoms with Crippen LogP contribution < -0.4 is 5.32 Å². The highest BCUT2D eigenvalue weighted by atomic mass is 15.0. The molecule has 92 valence electrons. The minimum Gasteiger partial charge on any atom is -0.370 e. The molecule has 3 atom stereocenters. The van der Waals surface area contributed by atoms with Crippen molar-refractivity contribution in [2.75, 3.05) is 11.9 Å². The second-order valence-corrected chi connectivity index (χ2v) is 5.70. The van der Waals surface area contributed by atoms with Crippen LogP contribution in [0.1, 0.15) is 37.8 Å². The Hall–Kier alpha value is -1.12. The minimum absolute atomic E-state index is 0.973. The largest absolute Gasteiger partial charge is 0.370 e. The molecule has 2 fully saturated rings. The lowest BCUT2D eigenvalue weighted by molar-refractivity contribution is 0.321. The lowest BCUT2D eigenvalue weighted by Gasteiger charge is -2.21. The van der Waals surface area contributed by atoms with Crippen LogP contribution in [0.5, 0.6) is 0 Å². The van der Waals surface area contributed by atoms with Crippen molar-refractivity contribution < 1.29 is 0 Å². The van der Waals surface area contributed by atoms with Crippen molar-refractivity contribution in [1.82, 2.24) is 9.97 Å². The van der Waals surface area contributed by atoms with Crippen LogP contribution in [0, 0.1) is 24.7 Å². The Morgan fingerprint density at radius 3 is 2.94 bits per heavy atom. The van der Waals surface area contributed by atoms with E-state index in [1.807, 2.05) is 13.0 Å². The number of rotatable bonds is 4. The van der Waals surface area contributed by atoms with Gasteiger partial charge < -0.3 is 5.32 Å². The summed E-state index contributed by atoms with van der Waals surface area (Å²) in [4.78, 5) is 8.33. The van der Waals surface area contributed by atoms with Gasteiger partial charge in [-0.05, 0) is 50.4 Å². The fraction of sp³-hybridized carbons (Fsp3) is 0.714. The van der Waals surface area contributed by atoms with E-state index in [0.717, 1.165) is 35.8 Å². The van der Waals surface area contributed by atoms with Gasteiger partial charge in [-0.15, -0.1) is 0 Å². The van der Waals surface area contributed by atoms with E-state index in [-0.39, 0.29) is 0 Å². The number of hydrogen-bond donors (Lipinski definition) is 1. The van der Waals surface area contributed by atoms with Crippen LogP contribution in [0.2, 0.25) is 0 Å². The summed E-state index contributed by atoms with van der Waals surface area (Å²) in [5.41, 5.74) is 1.03. The second kappa shape index (κ2) is 4.63. The molecule has 3 nitrogen and oxygen atoms in total. The molecule has 0 aromatic carbocycles. The Morgan fingerprint density at radius 1 is 1.29 bits per heavy atom. The van der Waals surface area contributed by atoms with Crippen LogP contribution in [-0.4, -0.2) is 16.5 Å². The molecule has 1 heterocycles. The Labute approximate surface area is 103 Å². The standard InChI is InChI=1S/C14H21N3/c1-10-6-14(17-9-16-10)15-5-4-13-8-11-2-3-12(13)7-11/h6,9,11-13H,2-5,7-8H2,1H3,(H,15,16,17). The first-order chi connectivity index (χ1) is 8.31. The summed E-state index contributed by atoms with van der Waals surface area (Å²) < 4.78 is 0. The summed E-state index contributed by atoms with van der Waals surface area (Å²) in [5, 5.41) is 3.42. The molecule has 17 heavy (non-hydrogen) atoms. The maximum atomic E-state index is 4.23. The van der Waals surface area contributed by atoms with Gasteiger partial charge in [0, 0.05) is 18.3 Å². The fourth-order valence-electron chi connectivity index (χ4n) is 3.67. The van der Waals surface area contributed by atoms with Crippen molar-refractivity contribution >= 4 is 5.82 Å². The van der Waals surface area contributed by atoms with E-state index in [9.17, 15) is 0 Å². The summed E-state index contributed by atoms with van der Waals surface area (Å²) >= 11 is 0. The summed E-state index contributed by atoms with van der Waals surface area (Å²) in [6, 6.07) is 2.01. The molecule has 0 radical (unpaired) electrons.